The zero-order valence-corrected chi connectivity index (χ0v) is 15.1. The molecule has 0 spiro atoms. The number of anilines is 4. The number of carbonyl (C=O) groups excluding carboxylic acids is 1. The Kier molecular flexibility index (Phi) is 5.61. The molecule has 6 nitrogen and oxygen atoms in total. The van der Waals surface area contributed by atoms with Crippen molar-refractivity contribution in [1.29, 1.82) is 0 Å². The minimum Gasteiger partial charge on any atom is -0.366 e. The SMILES string of the molecule is CC(=O)Nc1ccc(Nc2cc(NCc3ccccc3F)nc(C)n2)cc1. The fourth-order valence-corrected chi connectivity index (χ4v) is 2.54. The number of halogens is 1. The van der Waals surface area contributed by atoms with Crippen molar-refractivity contribution in [3.63, 3.8) is 0 Å². The van der Waals surface area contributed by atoms with Gasteiger partial charge in [0.2, 0.25) is 5.91 Å². The molecule has 0 aliphatic heterocycles. The molecule has 27 heavy (non-hydrogen) atoms. The third-order valence-corrected chi connectivity index (χ3v) is 3.73. The number of amides is 1. The van der Waals surface area contributed by atoms with Crippen molar-refractivity contribution in [2.45, 2.75) is 20.4 Å². The average Bonchev–Trinajstić information content (AvgIpc) is 2.62. The third-order valence-electron chi connectivity index (χ3n) is 3.73. The van der Waals surface area contributed by atoms with Gasteiger partial charge in [-0.25, -0.2) is 14.4 Å². The summed E-state index contributed by atoms with van der Waals surface area (Å²) >= 11 is 0. The van der Waals surface area contributed by atoms with Gasteiger partial charge in [0.1, 0.15) is 23.3 Å². The average molecular weight is 365 g/mol. The number of carbonyl (C=O) groups is 1. The third kappa shape index (κ3) is 5.24. The molecule has 0 saturated heterocycles. The van der Waals surface area contributed by atoms with Gasteiger partial charge < -0.3 is 16.0 Å². The summed E-state index contributed by atoms with van der Waals surface area (Å²) in [5.41, 5.74) is 2.11. The van der Waals surface area contributed by atoms with Crippen LogP contribution in [-0.4, -0.2) is 15.9 Å². The molecule has 3 aromatic rings. The van der Waals surface area contributed by atoms with E-state index in [2.05, 4.69) is 25.9 Å². The van der Waals surface area contributed by atoms with Crippen LogP contribution in [0.1, 0.15) is 18.3 Å². The lowest BCUT2D eigenvalue weighted by Gasteiger charge is -2.11. The van der Waals surface area contributed by atoms with E-state index in [-0.39, 0.29) is 11.7 Å². The van der Waals surface area contributed by atoms with E-state index in [0.717, 1.165) is 11.4 Å². The lowest BCUT2D eigenvalue weighted by molar-refractivity contribution is -0.114. The molecule has 0 saturated carbocycles. The summed E-state index contributed by atoms with van der Waals surface area (Å²) in [4.78, 5) is 19.8. The second-order valence-corrected chi connectivity index (χ2v) is 6.01. The minimum atomic E-state index is -0.256. The molecule has 138 valence electrons. The molecule has 0 aliphatic carbocycles. The lowest BCUT2D eigenvalue weighted by atomic mass is 10.2. The quantitative estimate of drug-likeness (QED) is 0.609. The molecule has 0 unspecified atom stereocenters. The van der Waals surface area contributed by atoms with E-state index in [1.165, 1.54) is 13.0 Å². The van der Waals surface area contributed by atoms with Crippen LogP contribution in [0.15, 0.2) is 54.6 Å². The van der Waals surface area contributed by atoms with Crippen LogP contribution in [0.25, 0.3) is 0 Å². The van der Waals surface area contributed by atoms with Crippen LogP contribution in [-0.2, 0) is 11.3 Å². The number of hydrogen-bond donors (Lipinski definition) is 3. The van der Waals surface area contributed by atoms with E-state index in [4.69, 9.17) is 0 Å². The second kappa shape index (κ2) is 8.27. The Morgan fingerprint density at radius 1 is 1.00 bits per heavy atom. The van der Waals surface area contributed by atoms with Crippen LogP contribution in [0.3, 0.4) is 0 Å². The summed E-state index contributed by atoms with van der Waals surface area (Å²) in [6.07, 6.45) is 0. The predicted molar refractivity (Wildman–Crippen MR) is 105 cm³/mol. The Hall–Kier alpha value is -3.48. The van der Waals surface area contributed by atoms with Crippen LogP contribution >= 0.6 is 0 Å². The largest absolute Gasteiger partial charge is 0.366 e. The molecule has 1 heterocycles. The zero-order valence-electron chi connectivity index (χ0n) is 15.1. The zero-order chi connectivity index (χ0) is 19.2. The first-order chi connectivity index (χ1) is 13.0. The number of aromatic nitrogens is 2. The standard InChI is InChI=1S/C20H20FN5O/c1-13-23-19(22-12-15-5-3-4-6-18(15)21)11-20(24-13)26-17-9-7-16(8-10-17)25-14(2)27/h3-11H,12H2,1-2H3,(H,25,27)(H2,22,23,24,26). The molecule has 0 bridgehead atoms. The van der Waals surface area contributed by atoms with Gasteiger partial charge in [-0.05, 0) is 37.3 Å². The summed E-state index contributed by atoms with van der Waals surface area (Å²) < 4.78 is 13.7. The number of aryl methyl sites for hydroxylation is 1. The Bertz CT molecular complexity index is 943. The Balaban J connectivity index is 1.69. The van der Waals surface area contributed by atoms with Crippen LogP contribution < -0.4 is 16.0 Å². The van der Waals surface area contributed by atoms with Gasteiger partial charge in [-0.2, -0.15) is 0 Å². The van der Waals surface area contributed by atoms with Crippen molar-refractivity contribution in [1.82, 2.24) is 9.97 Å². The number of benzene rings is 2. The van der Waals surface area contributed by atoms with Crippen molar-refractivity contribution in [3.8, 4) is 0 Å². The van der Waals surface area contributed by atoms with Gasteiger partial charge in [-0.1, -0.05) is 18.2 Å². The van der Waals surface area contributed by atoms with E-state index in [1.807, 2.05) is 12.1 Å². The van der Waals surface area contributed by atoms with Gasteiger partial charge in [0.15, 0.2) is 0 Å². The molecule has 0 radical (unpaired) electrons. The highest BCUT2D eigenvalue weighted by atomic mass is 19.1. The molecule has 0 aliphatic rings. The van der Waals surface area contributed by atoms with Crippen molar-refractivity contribution in [2.75, 3.05) is 16.0 Å². The molecule has 0 atom stereocenters. The predicted octanol–water partition coefficient (Wildman–Crippen LogP) is 4.24. The summed E-state index contributed by atoms with van der Waals surface area (Å²) in [5.74, 6) is 1.43. The van der Waals surface area contributed by atoms with Gasteiger partial charge >= 0.3 is 0 Å². The van der Waals surface area contributed by atoms with Crippen molar-refractivity contribution in [2.24, 2.45) is 0 Å². The van der Waals surface area contributed by atoms with Crippen molar-refractivity contribution < 1.29 is 9.18 Å². The van der Waals surface area contributed by atoms with Gasteiger partial charge in [0.05, 0.1) is 0 Å². The second-order valence-electron chi connectivity index (χ2n) is 6.01. The molecule has 1 aromatic heterocycles. The first-order valence-electron chi connectivity index (χ1n) is 8.47. The highest BCUT2D eigenvalue weighted by Crippen LogP contribution is 2.20. The van der Waals surface area contributed by atoms with E-state index in [1.54, 1.807) is 43.3 Å². The van der Waals surface area contributed by atoms with E-state index in [9.17, 15) is 9.18 Å². The summed E-state index contributed by atoms with van der Waals surface area (Å²) in [7, 11) is 0. The van der Waals surface area contributed by atoms with Crippen molar-refractivity contribution >= 4 is 28.9 Å². The first-order valence-corrected chi connectivity index (χ1v) is 8.47. The Labute approximate surface area is 156 Å². The smallest absolute Gasteiger partial charge is 0.221 e. The molecule has 3 rings (SSSR count). The highest BCUT2D eigenvalue weighted by molar-refractivity contribution is 5.88. The van der Waals surface area contributed by atoms with Crippen LogP contribution in [0.2, 0.25) is 0 Å². The molecular weight excluding hydrogens is 345 g/mol. The van der Waals surface area contributed by atoms with Gasteiger partial charge in [-0.15, -0.1) is 0 Å². The number of rotatable bonds is 6. The molecule has 1 amide bonds. The molecule has 0 fully saturated rings. The summed E-state index contributed by atoms with van der Waals surface area (Å²) in [6, 6.07) is 15.7. The number of nitrogens with one attached hydrogen (secondary N) is 3. The molecule has 7 heteroatoms. The van der Waals surface area contributed by atoms with Gasteiger partial charge in [0.25, 0.3) is 0 Å². The summed E-state index contributed by atoms with van der Waals surface area (Å²) in [6.45, 7) is 3.58. The maximum absolute atomic E-state index is 13.7. The van der Waals surface area contributed by atoms with Crippen LogP contribution in [0.5, 0.6) is 0 Å². The van der Waals surface area contributed by atoms with Gasteiger partial charge in [0, 0.05) is 36.5 Å². The monoisotopic (exact) mass is 365 g/mol. The van der Waals surface area contributed by atoms with Gasteiger partial charge in [-0.3, -0.25) is 4.79 Å². The van der Waals surface area contributed by atoms with E-state index < -0.39 is 0 Å². The molecular formula is C20H20FN5O. The topological polar surface area (TPSA) is 78.9 Å². The molecule has 3 N–H and O–H groups in total. The normalized spacial score (nSPS) is 10.3. The number of hydrogen-bond acceptors (Lipinski definition) is 5. The highest BCUT2D eigenvalue weighted by Gasteiger charge is 2.05. The van der Waals surface area contributed by atoms with E-state index in [0.29, 0.717) is 29.6 Å². The maximum Gasteiger partial charge on any atom is 0.221 e. The Morgan fingerprint density at radius 2 is 1.67 bits per heavy atom. The fourth-order valence-electron chi connectivity index (χ4n) is 2.54. The number of nitrogens with zero attached hydrogens (tertiary/aromatic N) is 2. The maximum atomic E-state index is 13.7. The first kappa shape index (κ1) is 18.3. The van der Waals surface area contributed by atoms with Crippen LogP contribution in [0, 0.1) is 12.7 Å². The van der Waals surface area contributed by atoms with E-state index >= 15 is 0 Å². The Morgan fingerprint density at radius 3 is 2.37 bits per heavy atom. The summed E-state index contributed by atoms with van der Waals surface area (Å²) in [5, 5.41) is 9.04. The fraction of sp³-hybridized carbons (Fsp3) is 0.150. The van der Waals surface area contributed by atoms with Crippen LogP contribution in [0.4, 0.5) is 27.4 Å². The minimum absolute atomic E-state index is 0.118. The lowest BCUT2D eigenvalue weighted by Crippen LogP contribution is -2.06. The molecule has 2 aromatic carbocycles. The van der Waals surface area contributed by atoms with Crippen molar-refractivity contribution in [3.05, 3.63) is 71.8 Å².